The molecule has 0 saturated carbocycles. The number of methoxy groups -OCH3 is 1. The molecule has 1 amide bonds. The minimum Gasteiger partial charge on any atom is -0.478 e. The molecule has 8 heteroatoms. The SMILES string of the molecule is COC(=O)c1cncn1C[C@@H]1CCC(=O)N1Cc1ccc(C(=O)O)cc1. The molecule has 2 heterocycles. The number of aromatic nitrogens is 2. The first-order chi connectivity index (χ1) is 12.5. The van der Waals surface area contributed by atoms with Crippen molar-refractivity contribution in [1.82, 2.24) is 14.5 Å². The summed E-state index contributed by atoms with van der Waals surface area (Å²) >= 11 is 0. The molecule has 1 aliphatic rings. The van der Waals surface area contributed by atoms with Crippen molar-refractivity contribution in [3.63, 3.8) is 0 Å². The van der Waals surface area contributed by atoms with Gasteiger partial charge in [0.15, 0.2) is 0 Å². The Morgan fingerprint density at radius 3 is 2.69 bits per heavy atom. The van der Waals surface area contributed by atoms with Gasteiger partial charge in [0.05, 0.1) is 31.2 Å². The second-order valence-corrected chi connectivity index (χ2v) is 6.14. The maximum Gasteiger partial charge on any atom is 0.356 e. The average molecular weight is 357 g/mol. The molecule has 1 saturated heterocycles. The van der Waals surface area contributed by atoms with E-state index in [1.807, 2.05) is 0 Å². The van der Waals surface area contributed by atoms with Gasteiger partial charge in [-0.05, 0) is 24.1 Å². The third-order valence-corrected chi connectivity index (χ3v) is 4.52. The van der Waals surface area contributed by atoms with Gasteiger partial charge in [0.2, 0.25) is 5.91 Å². The molecule has 2 aromatic rings. The topological polar surface area (TPSA) is 102 Å². The van der Waals surface area contributed by atoms with E-state index in [0.29, 0.717) is 31.6 Å². The van der Waals surface area contributed by atoms with Crippen molar-refractivity contribution in [3.05, 3.63) is 53.6 Å². The summed E-state index contributed by atoms with van der Waals surface area (Å²) in [4.78, 5) is 40.8. The van der Waals surface area contributed by atoms with Crippen LogP contribution in [0.5, 0.6) is 0 Å². The van der Waals surface area contributed by atoms with E-state index < -0.39 is 11.9 Å². The first kappa shape index (κ1) is 17.7. The molecule has 0 radical (unpaired) electrons. The normalized spacial score (nSPS) is 16.7. The number of aromatic carboxylic acids is 1. The Bertz CT molecular complexity index is 828. The summed E-state index contributed by atoms with van der Waals surface area (Å²) in [6.45, 7) is 0.842. The van der Waals surface area contributed by atoms with Gasteiger partial charge in [-0.3, -0.25) is 4.79 Å². The standard InChI is InChI=1S/C18H19N3O5/c1-26-18(25)15-8-19-11-20(15)10-14-6-7-16(22)21(14)9-12-2-4-13(5-3-12)17(23)24/h2-5,8,11,14H,6-7,9-10H2,1H3,(H,23,24)/t14-/m0/s1. The van der Waals surface area contributed by atoms with Crippen LogP contribution < -0.4 is 0 Å². The van der Waals surface area contributed by atoms with E-state index in [4.69, 9.17) is 9.84 Å². The quantitative estimate of drug-likeness (QED) is 0.787. The third-order valence-electron chi connectivity index (χ3n) is 4.52. The lowest BCUT2D eigenvalue weighted by molar-refractivity contribution is -0.129. The van der Waals surface area contributed by atoms with Crippen LogP contribution in [-0.4, -0.2) is 50.6 Å². The minimum atomic E-state index is -0.984. The molecule has 0 spiro atoms. The maximum absolute atomic E-state index is 12.3. The summed E-state index contributed by atoms with van der Waals surface area (Å²) in [5, 5.41) is 8.97. The summed E-state index contributed by atoms with van der Waals surface area (Å²) in [6.07, 6.45) is 4.12. The van der Waals surface area contributed by atoms with Crippen molar-refractivity contribution in [2.45, 2.75) is 32.0 Å². The van der Waals surface area contributed by atoms with Crippen molar-refractivity contribution in [3.8, 4) is 0 Å². The third kappa shape index (κ3) is 3.58. The summed E-state index contributed by atoms with van der Waals surface area (Å²) in [5.74, 6) is -1.41. The number of likely N-dealkylation sites (tertiary alicyclic amines) is 1. The number of ether oxygens (including phenoxy) is 1. The summed E-state index contributed by atoms with van der Waals surface area (Å²) in [7, 11) is 1.31. The number of imidazole rings is 1. The average Bonchev–Trinajstić information content (AvgIpc) is 3.23. The number of hydrogen-bond donors (Lipinski definition) is 1. The summed E-state index contributed by atoms with van der Waals surface area (Å²) in [5.41, 5.74) is 1.41. The van der Waals surface area contributed by atoms with Gasteiger partial charge in [0.25, 0.3) is 0 Å². The molecule has 136 valence electrons. The molecule has 8 nitrogen and oxygen atoms in total. The van der Waals surface area contributed by atoms with Crippen molar-refractivity contribution in [1.29, 1.82) is 0 Å². The van der Waals surface area contributed by atoms with Crippen LogP contribution in [0.15, 0.2) is 36.8 Å². The van der Waals surface area contributed by atoms with Gasteiger partial charge in [-0.1, -0.05) is 12.1 Å². The monoisotopic (exact) mass is 357 g/mol. The van der Waals surface area contributed by atoms with Gasteiger partial charge in [0.1, 0.15) is 5.69 Å². The van der Waals surface area contributed by atoms with Crippen LogP contribution >= 0.6 is 0 Å². The molecule has 1 aromatic carbocycles. The Balaban J connectivity index is 1.74. The lowest BCUT2D eigenvalue weighted by atomic mass is 10.1. The lowest BCUT2D eigenvalue weighted by Gasteiger charge is -2.25. The van der Waals surface area contributed by atoms with E-state index >= 15 is 0 Å². The van der Waals surface area contributed by atoms with E-state index in [1.54, 1.807) is 27.9 Å². The molecule has 1 aliphatic heterocycles. The van der Waals surface area contributed by atoms with Gasteiger partial charge in [-0.2, -0.15) is 0 Å². The summed E-state index contributed by atoms with van der Waals surface area (Å²) in [6, 6.07) is 6.41. The molecule has 26 heavy (non-hydrogen) atoms. The molecule has 1 atom stereocenters. The number of rotatable bonds is 6. The summed E-state index contributed by atoms with van der Waals surface area (Å²) < 4.78 is 6.44. The van der Waals surface area contributed by atoms with Crippen molar-refractivity contribution in [2.24, 2.45) is 0 Å². The number of carboxylic acids is 1. The number of carbonyl (C=O) groups is 3. The largest absolute Gasteiger partial charge is 0.478 e. The minimum absolute atomic E-state index is 0.0389. The number of amides is 1. The van der Waals surface area contributed by atoms with Gasteiger partial charge < -0.3 is 19.3 Å². The fourth-order valence-corrected chi connectivity index (χ4v) is 3.12. The number of carboxylic acid groups (broad SMARTS) is 1. The highest BCUT2D eigenvalue weighted by atomic mass is 16.5. The molecule has 0 bridgehead atoms. The predicted molar refractivity (Wildman–Crippen MR) is 90.5 cm³/mol. The predicted octanol–water partition coefficient (Wildman–Crippen LogP) is 1.56. The number of hydrogen-bond acceptors (Lipinski definition) is 5. The molecule has 1 N–H and O–H groups in total. The first-order valence-corrected chi connectivity index (χ1v) is 8.19. The van der Waals surface area contributed by atoms with Gasteiger partial charge >= 0.3 is 11.9 Å². The van der Waals surface area contributed by atoms with Crippen molar-refractivity contribution in [2.75, 3.05) is 7.11 Å². The van der Waals surface area contributed by atoms with E-state index in [0.717, 1.165) is 5.56 Å². The Morgan fingerprint density at radius 2 is 2.04 bits per heavy atom. The highest BCUT2D eigenvalue weighted by Gasteiger charge is 2.32. The zero-order valence-corrected chi connectivity index (χ0v) is 14.3. The van der Waals surface area contributed by atoms with Crippen molar-refractivity contribution < 1.29 is 24.2 Å². The number of esters is 1. The van der Waals surface area contributed by atoms with E-state index in [9.17, 15) is 14.4 Å². The number of carbonyl (C=O) groups excluding carboxylic acids is 2. The fourth-order valence-electron chi connectivity index (χ4n) is 3.12. The van der Waals surface area contributed by atoms with Crippen LogP contribution in [0.1, 0.15) is 39.3 Å². The number of benzene rings is 1. The zero-order valence-electron chi connectivity index (χ0n) is 14.3. The van der Waals surface area contributed by atoms with Crippen LogP contribution in [0.2, 0.25) is 0 Å². The molecule has 3 rings (SSSR count). The van der Waals surface area contributed by atoms with E-state index in [-0.39, 0.29) is 17.5 Å². The Kier molecular flexibility index (Phi) is 5.01. The smallest absolute Gasteiger partial charge is 0.356 e. The van der Waals surface area contributed by atoms with Crippen LogP contribution in [-0.2, 0) is 22.6 Å². The van der Waals surface area contributed by atoms with Crippen LogP contribution in [0.25, 0.3) is 0 Å². The van der Waals surface area contributed by atoms with Gasteiger partial charge in [0, 0.05) is 19.5 Å². The first-order valence-electron chi connectivity index (χ1n) is 8.19. The van der Waals surface area contributed by atoms with Crippen LogP contribution in [0.4, 0.5) is 0 Å². The molecule has 1 fully saturated rings. The van der Waals surface area contributed by atoms with E-state index in [2.05, 4.69) is 4.98 Å². The molecular weight excluding hydrogens is 338 g/mol. The highest BCUT2D eigenvalue weighted by molar-refractivity contribution is 5.88. The number of nitrogens with zero attached hydrogens (tertiary/aromatic N) is 3. The molecule has 0 unspecified atom stereocenters. The highest BCUT2D eigenvalue weighted by Crippen LogP contribution is 2.23. The maximum atomic E-state index is 12.3. The molecular formula is C18H19N3O5. The second-order valence-electron chi connectivity index (χ2n) is 6.14. The second kappa shape index (κ2) is 7.38. The molecule has 1 aromatic heterocycles. The van der Waals surface area contributed by atoms with Crippen LogP contribution in [0.3, 0.4) is 0 Å². The molecule has 0 aliphatic carbocycles. The Labute approximate surface area is 150 Å². The van der Waals surface area contributed by atoms with Gasteiger partial charge in [-0.15, -0.1) is 0 Å². The lowest BCUT2D eigenvalue weighted by Crippen LogP contribution is -2.35. The Morgan fingerprint density at radius 1 is 1.31 bits per heavy atom. The fraction of sp³-hybridized carbons (Fsp3) is 0.333. The van der Waals surface area contributed by atoms with Crippen LogP contribution in [0, 0.1) is 0 Å². The zero-order chi connectivity index (χ0) is 18.7. The van der Waals surface area contributed by atoms with Gasteiger partial charge in [-0.25, -0.2) is 14.6 Å². The Hall–Kier alpha value is -3.16. The van der Waals surface area contributed by atoms with E-state index in [1.165, 1.54) is 25.4 Å². The van der Waals surface area contributed by atoms with Crippen molar-refractivity contribution >= 4 is 17.8 Å².